The number of hydrogen-bond donors (Lipinski definition) is 1. The second kappa shape index (κ2) is 8.56. The Bertz CT molecular complexity index is 1190. The number of rotatable bonds is 7. The van der Waals surface area contributed by atoms with Crippen LogP contribution >= 0.6 is 23.1 Å². The molecule has 0 spiro atoms. The fraction of sp³-hybridized carbons (Fsp3) is 0.238. The van der Waals surface area contributed by atoms with E-state index in [1.807, 2.05) is 60.0 Å². The minimum absolute atomic E-state index is 0.109. The number of nitrogens with one attached hydrogen (secondary N) is 1. The molecule has 0 atom stereocenters. The number of thiazole rings is 1. The monoisotopic (exact) mass is 452 g/mol. The Hall–Kier alpha value is -3.11. The van der Waals surface area contributed by atoms with Crippen LogP contribution in [0.3, 0.4) is 0 Å². The molecule has 1 aliphatic rings. The van der Waals surface area contributed by atoms with E-state index in [0.717, 1.165) is 45.8 Å². The van der Waals surface area contributed by atoms with Crippen molar-refractivity contribution in [2.45, 2.75) is 18.6 Å². The van der Waals surface area contributed by atoms with Crippen molar-refractivity contribution in [3.8, 4) is 5.75 Å². The molecule has 0 saturated heterocycles. The van der Waals surface area contributed by atoms with Gasteiger partial charge in [0, 0.05) is 18.8 Å². The molecular formula is C21H20N6O2S2. The maximum atomic E-state index is 12.4. The second-order valence-corrected chi connectivity index (χ2v) is 8.81. The van der Waals surface area contributed by atoms with E-state index in [2.05, 4.69) is 25.4 Å². The zero-order chi connectivity index (χ0) is 21.2. The van der Waals surface area contributed by atoms with Crippen LogP contribution in [-0.4, -0.2) is 44.6 Å². The van der Waals surface area contributed by atoms with E-state index < -0.39 is 0 Å². The summed E-state index contributed by atoms with van der Waals surface area (Å²) in [5, 5.41) is 12.9. The molecule has 1 aliphatic heterocycles. The molecule has 0 radical (unpaired) electrons. The highest BCUT2D eigenvalue weighted by atomic mass is 32.2. The number of fused-ring (bicyclic) bond motifs is 2. The fourth-order valence-corrected chi connectivity index (χ4v) is 5.07. The highest BCUT2D eigenvalue weighted by Crippen LogP contribution is 2.33. The molecule has 2 aromatic carbocycles. The van der Waals surface area contributed by atoms with Crippen LogP contribution in [0.2, 0.25) is 0 Å². The lowest BCUT2D eigenvalue weighted by Crippen LogP contribution is -2.14. The van der Waals surface area contributed by atoms with E-state index >= 15 is 0 Å². The lowest BCUT2D eigenvalue weighted by molar-refractivity contribution is -0.113. The fourth-order valence-electron chi connectivity index (χ4n) is 3.43. The minimum Gasteiger partial charge on any atom is -0.494 e. The van der Waals surface area contributed by atoms with Gasteiger partial charge < -0.3 is 15.0 Å². The predicted molar refractivity (Wildman–Crippen MR) is 124 cm³/mol. The minimum atomic E-state index is -0.109. The number of ether oxygens (including phenoxy) is 1. The highest BCUT2D eigenvalue weighted by molar-refractivity contribution is 7.99. The number of anilines is 3. The smallest absolute Gasteiger partial charge is 0.236 e. The van der Waals surface area contributed by atoms with Crippen molar-refractivity contribution in [1.29, 1.82) is 0 Å². The van der Waals surface area contributed by atoms with Gasteiger partial charge in [0.15, 0.2) is 10.3 Å². The third-order valence-corrected chi connectivity index (χ3v) is 6.74. The van der Waals surface area contributed by atoms with Crippen molar-refractivity contribution in [3.63, 3.8) is 0 Å². The predicted octanol–water partition coefficient (Wildman–Crippen LogP) is 4.17. The number of amides is 1. The molecule has 0 saturated carbocycles. The summed E-state index contributed by atoms with van der Waals surface area (Å²) in [7, 11) is 0. The van der Waals surface area contributed by atoms with Crippen LogP contribution in [0.25, 0.3) is 10.2 Å². The summed E-state index contributed by atoms with van der Waals surface area (Å²) < 4.78 is 8.61. The number of aromatic nitrogens is 4. The molecule has 0 bridgehead atoms. The van der Waals surface area contributed by atoms with Gasteiger partial charge in [-0.05, 0) is 43.3 Å². The summed E-state index contributed by atoms with van der Waals surface area (Å²) in [4.78, 5) is 19.0. The van der Waals surface area contributed by atoms with E-state index in [0.29, 0.717) is 11.7 Å². The number of carbonyl (C=O) groups is 1. The van der Waals surface area contributed by atoms with Gasteiger partial charge in [-0.15, -0.1) is 10.2 Å². The summed E-state index contributed by atoms with van der Waals surface area (Å²) >= 11 is 2.85. The van der Waals surface area contributed by atoms with Crippen LogP contribution in [0.4, 0.5) is 16.8 Å². The van der Waals surface area contributed by atoms with Gasteiger partial charge in [0.25, 0.3) is 0 Å². The quantitative estimate of drug-likeness (QED) is 0.421. The van der Waals surface area contributed by atoms with Gasteiger partial charge in [-0.25, -0.2) is 4.98 Å². The van der Waals surface area contributed by atoms with Crippen molar-refractivity contribution in [2.75, 3.05) is 29.1 Å². The van der Waals surface area contributed by atoms with E-state index in [4.69, 9.17) is 4.74 Å². The maximum absolute atomic E-state index is 12.4. The number of nitrogens with zero attached hydrogens (tertiary/aromatic N) is 5. The van der Waals surface area contributed by atoms with Crippen LogP contribution in [0.5, 0.6) is 5.75 Å². The van der Waals surface area contributed by atoms with Crippen LogP contribution in [0, 0.1) is 0 Å². The molecule has 158 valence electrons. The van der Waals surface area contributed by atoms with Crippen molar-refractivity contribution < 1.29 is 9.53 Å². The van der Waals surface area contributed by atoms with Gasteiger partial charge in [0.1, 0.15) is 5.75 Å². The van der Waals surface area contributed by atoms with Crippen molar-refractivity contribution >= 4 is 56.0 Å². The summed E-state index contributed by atoms with van der Waals surface area (Å²) in [6, 6.07) is 15.8. The topological polar surface area (TPSA) is 85.2 Å². The average Bonchev–Trinajstić information content (AvgIpc) is 3.48. The largest absolute Gasteiger partial charge is 0.494 e. The molecule has 4 aromatic rings. The van der Waals surface area contributed by atoms with Crippen LogP contribution in [0.15, 0.2) is 53.7 Å². The van der Waals surface area contributed by atoms with Gasteiger partial charge in [-0.1, -0.05) is 35.2 Å². The van der Waals surface area contributed by atoms with Crippen molar-refractivity contribution in [2.24, 2.45) is 0 Å². The third-order valence-electron chi connectivity index (χ3n) is 4.82. The molecule has 0 unspecified atom stereocenters. The summed E-state index contributed by atoms with van der Waals surface area (Å²) in [6.07, 6.45) is 0. The normalized spacial score (nSPS) is 12.9. The Balaban J connectivity index is 1.22. The van der Waals surface area contributed by atoms with Crippen molar-refractivity contribution in [3.05, 3.63) is 48.5 Å². The number of benzene rings is 2. The summed E-state index contributed by atoms with van der Waals surface area (Å²) in [6.45, 7) is 4.20. The van der Waals surface area contributed by atoms with E-state index in [1.165, 1.54) is 23.1 Å². The van der Waals surface area contributed by atoms with Crippen LogP contribution < -0.4 is 15.0 Å². The average molecular weight is 453 g/mol. The molecular weight excluding hydrogens is 432 g/mol. The molecule has 31 heavy (non-hydrogen) atoms. The molecule has 3 heterocycles. The van der Waals surface area contributed by atoms with Gasteiger partial charge in [-0.2, -0.15) is 0 Å². The first-order chi connectivity index (χ1) is 15.2. The van der Waals surface area contributed by atoms with Gasteiger partial charge >= 0.3 is 0 Å². The molecule has 8 nitrogen and oxygen atoms in total. The first kappa shape index (κ1) is 19.8. The lowest BCUT2D eigenvalue weighted by Gasteiger charge is -2.15. The van der Waals surface area contributed by atoms with Crippen LogP contribution in [0.1, 0.15) is 6.92 Å². The number of carbonyl (C=O) groups excluding carboxylic acids is 1. The first-order valence-electron chi connectivity index (χ1n) is 9.93. The van der Waals surface area contributed by atoms with E-state index in [-0.39, 0.29) is 11.7 Å². The summed E-state index contributed by atoms with van der Waals surface area (Å²) in [5.74, 6) is 1.78. The van der Waals surface area contributed by atoms with E-state index in [9.17, 15) is 4.79 Å². The molecule has 1 N–H and O–H groups in total. The standard InChI is InChI=1S/C21H20N6O2S2/c1-2-29-15-9-7-14(8-10-15)26-11-12-27-20(26)24-25-21(27)30-13-18(28)23-19-22-16-5-3-4-6-17(16)31-19/h3-10H,2,11-13H2,1H3,(H,22,23,28). The van der Waals surface area contributed by atoms with E-state index in [1.54, 1.807) is 0 Å². The summed E-state index contributed by atoms with van der Waals surface area (Å²) in [5.41, 5.74) is 1.93. The number of hydrogen-bond acceptors (Lipinski definition) is 8. The Labute approximate surface area is 187 Å². The number of para-hydroxylation sites is 1. The second-order valence-electron chi connectivity index (χ2n) is 6.84. The van der Waals surface area contributed by atoms with Crippen LogP contribution in [-0.2, 0) is 11.3 Å². The van der Waals surface area contributed by atoms with Gasteiger partial charge in [0.2, 0.25) is 11.9 Å². The SMILES string of the molecule is CCOc1ccc(N2CCn3c(SCC(=O)Nc4nc5ccccc5s4)nnc32)cc1. The van der Waals surface area contributed by atoms with Gasteiger partial charge in [0.05, 0.1) is 22.6 Å². The highest BCUT2D eigenvalue weighted by Gasteiger charge is 2.26. The number of thioether (sulfide) groups is 1. The molecule has 5 rings (SSSR count). The molecule has 10 heteroatoms. The zero-order valence-electron chi connectivity index (χ0n) is 16.8. The molecule has 0 aliphatic carbocycles. The Morgan fingerprint density at radius 1 is 1.16 bits per heavy atom. The Morgan fingerprint density at radius 3 is 2.81 bits per heavy atom. The zero-order valence-corrected chi connectivity index (χ0v) is 18.4. The maximum Gasteiger partial charge on any atom is 0.236 e. The molecule has 2 aromatic heterocycles. The molecule has 1 amide bonds. The Morgan fingerprint density at radius 2 is 2.00 bits per heavy atom. The lowest BCUT2D eigenvalue weighted by atomic mass is 10.3. The van der Waals surface area contributed by atoms with Crippen molar-refractivity contribution in [1.82, 2.24) is 19.7 Å². The van der Waals surface area contributed by atoms with Gasteiger partial charge in [-0.3, -0.25) is 9.36 Å². The third kappa shape index (κ3) is 4.08. The first-order valence-corrected chi connectivity index (χ1v) is 11.7. The molecule has 0 fully saturated rings. The Kier molecular flexibility index (Phi) is 5.47.